The normalized spacial score (nSPS) is 40.8. The van der Waals surface area contributed by atoms with Crippen LogP contribution in [0.15, 0.2) is 54.1 Å². The average Bonchev–Trinajstić information content (AvgIpc) is 3.59. The lowest BCUT2D eigenvalue weighted by molar-refractivity contribution is -0.286. The van der Waals surface area contributed by atoms with Gasteiger partial charge >= 0.3 is 5.97 Å². The first-order valence-corrected chi connectivity index (χ1v) is 14.2. The molecule has 10 atom stereocenters. The molecule has 0 amide bonds. The predicted octanol–water partition coefficient (Wildman–Crippen LogP) is 1.86. The number of hydrogen-bond acceptors (Lipinski definition) is 10. The fraction of sp³-hybridized carbons (Fsp3) is 0.625. The smallest absolute Gasteiger partial charge is 0.338 e. The Morgan fingerprint density at radius 3 is 2.29 bits per heavy atom. The number of rotatable bonds is 8. The first-order valence-electron chi connectivity index (χ1n) is 14.2. The number of ketones is 1. The second-order valence-electron chi connectivity index (χ2n) is 13.4. The highest BCUT2D eigenvalue weighted by atomic mass is 16.6. The molecule has 1 aromatic rings. The summed E-state index contributed by atoms with van der Waals surface area (Å²) in [6.45, 7) is 14.9. The van der Waals surface area contributed by atoms with Crippen molar-refractivity contribution in [3.05, 3.63) is 59.7 Å². The number of aliphatic hydroxyl groups is 5. The number of esters is 1. The van der Waals surface area contributed by atoms with E-state index in [0.29, 0.717) is 0 Å². The average molecular weight is 589 g/mol. The van der Waals surface area contributed by atoms with E-state index >= 15 is 0 Å². The van der Waals surface area contributed by atoms with Crippen LogP contribution in [-0.4, -0.2) is 96.3 Å². The summed E-state index contributed by atoms with van der Waals surface area (Å²) in [5.74, 6) is -3.37. The zero-order valence-corrected chi connectivity index (χ0v) is 25.3. The van der Waals surface area contributed by atoms with Crippen LogP contribution >= 0.6 is 0 Å². The van der Waals surface area contributed by atoms with Crippen LogP contribution in [0.1, 0.15) is 65.2 Å². The zero-order valence-electron chi connectivity index (χ0n) is 25.3. The van der Waals surface area contributed by atoms with E-state index in [9.17, 15) is 35.1 Å². The molecule has 10 heteroatoms. The van der Waals surface area contributed by atoms with Gasteiger partial charge in [-0.25, -0.2) is 4.79 Å². The van der Waals surface area contributed by atoms with Crippen LogP contribution in [0.4, 0.5) is 0 Å². The highest BCUT2D eigenvalue weighted by Crippen LogP contribution is 2.59. The number of aliphatic hydroxyl groups excluding tert-OH is 3. The molecular formula is C32H44O10. The molecule has 1 aliphatic heterocycles. The lowest BCUT2D eigenvalue weighted by Gasteiger charge is -2.59. The molecule has 0 spiro atoms. The topological polar surface area (TPSA) is 166 Å². The highest BCUT2D eigenvalue weighted by Gasteiger charge is 2.77. The molecule has 232 valence electrons. The maximum atomic E-state index is 13.2. The number of carbonyl (C=O) groups is 2. The standard InChI is InChI=1S/C32H44O10/c1-17(2)32(39)23(35)21(25-31(16-33,41-25)27(37)30(38)15-14-18(3)22(30)34)29(8,42-28(5,6)7)19(4)24(32)40-26(36)20-12-10-9-11-13-20/h9-14,19,21,23-25,27,33,35,37-39H,1,15-16H2,2-8H3/t19-,21-,23-,24-,25+,27+,29-,30-,31+,32-/m1/s1. The van der Waals surface area contributed by atoms with E-state index in [0.717, 1.165) is 0 Å². The second-order valence-corrected chi connectivity index (χ2v) is 13.4. The molecule has 0 aromatic heterocycles. The van der Waals surface area contributed by atoms with Crippen LogP contribution in [0, 0.1) is 11.8 Å². The number of ether oxygens (including phenoxy) is 3. The van der Waals surface area contributed by atoms with Gasteiger partial charge in [0.2, 0.25) is 0 Å². The van der Waals surface area contributed by atoms with Gasteiger partial charge in [0.15, 0.2) is 11.4 Å². The van der Waals surface area contributed by atoms with Crippen LogP contribution in [0.3, 0.4) is 0 Å². The van der Waals surface area contributed by atoms with Crippen LogP contribution < -0.4 is 0 Å². The molecule has 1 saturated carbocycles. The molecule has 2 fully saturated rings. The van der Waals surface area contributed by atoms with E-state index in [1.54, 1.807) is 65.0 Å². The van der Waals surface area contributed by atoms with Crippen molar-refractivity contribution in [2.75, 3.05) is 6.61 Å². The van der Waals surface area contributed by atoms with Gasteiger partial charge in [-0.3, -0.25) is 4.79 Å². The van der Waals surface area contributed by atoms with Crippen molar-refractivity contribution >= 4 is 11.8 Å². The van der Waals surface area contributed by atoms with E-state index in [-0.39, 0.29) is 23.1 Å². The molecular weight excluding hydrogens is 544 g/mol. The van der Waals surface area contributed by atoms with Crippen LogP contribution in [0.5, 0.6) is 0 Å². The first-order chi connectivity index (χ1) is 19.3. The van der Waals surface area contributed by atoms with Crippen molar-refractivity contribution in [2.45, 2.75) is 107 Å². The maximum Gasteiger partial charge on any atom is 0.338 e. The SMILES string of the molecule is C=C(C)[C@@]1(O)[C@H](O)[C@H]([C@@H]2O[C@]2(CO)[C@@H](O)[C@@]2(O)CC=C(C)C2=O)[C@](C)(OC(C)(C)C)[C@H](C)[C@H]1OC(=O)c1ccccc1. The third kappa shape index (κ3) is 4.87. The number of epoxide rings is 1. The van der Waals surface area contributed by atoms with Gasteiger partial charge in [-0.15, -0.1) is 0 Å². The Kier molecular flexibility index (Phi) is 8.21. The summed E-state index contributed by atoms with van der Waals surface area (Å²) in [5.41, 5.74) is -7.90. The predicted molar refractivity (Wildman–Crippen MR) is 152 cm³/mol. The maximum absolute atomic E-state index is 13.2. The van der Waals surface area contributed by atoms with Gasteiger partial charge in [0.1, 0.15) is 29.5 Å². The minimum atomic E-state index is -2.24. The van der Waals surface area contributed by atoms with Gasteiger partial charge in [0.05, 0.1) is 29.5 Å². The molecule has 0 radical (unpaired) electrons. The Morgan fingerprint density at radius 2 is 1.81 bits per heavy atom. The van der Waals surface area contributed by atoms with E-state index in [1.807, 2.05) is 0 Å². The van der Waals surface area contributed by atoms with Crippen molar-refractivity contribution in [2.24, 2.45) is 11.8 Å². The molecule has 5 N–H and O–H groups in total. The Morgan fingerprint density at radius 1 is 1.21 bits per heavy atom. The monoisotopic (exact) mass is 588 g/mol. The van der Waals surface area contributed by atoms with Crippen LogP contribution in [0.25, 0.3) is 0 Å². The minimum absolute atomic E-state index is 0.107. The molecule has 2 aliphatic carbocycles. The van der Waals surface area contributed by atoms with Gasteiger partial charge in [-0.2, -0.15) is 0 Å². The summed E-state index contributed by atoms with van der Waals surface area (Å²) in [7, 11) is 0. The van der Waals surface area contributed by atoms with Gasteiger partial charge < -0.3 is 39.7 Å². The lowest BCUT2D eigenvalue weighted by atomic mass is 9.56. The Bertz CT molecular complexity index is 1270. The largest absolute Gasteiger partial charge is 0.455 e. The molecule has 4 rings (SSSR count). The fourth-order valence-corrected chi connectivity index (χ4v) is 6.96. The molecule has 1 aromatic carbocycles. The lowest BCUT2D eigenvalue weighted by Crippen LogP contribution is -2.74. The summed E-state index contributed by atoms with van der Waals surface area (Å²) in [4.78, 5) is 26.1. The van der Waals surface area contributed by atoms with Crippen molar-refractivity contribution < 1.29 is 49.3 Å². The summed E-state index contributed by atoms with van der Waals surface area (Å²) in [6, 6.07) is 8.24. The number of Topliss-reactive ketones (excluding diaryl/α,β-unsaturated/α-hetero) is 1. The van der Waals surface area contributed by atoms with Gasteiger partial charge in [-0.1, -0.05) is 37.8 Å². The van der Waals surface area contributed by atoms with Crippen LogP contribution in [0.2, 0.25) is 0 Å². The summed E-state index contributed by atoms with van der Waals surface area (Å²) in [6.07, 6.45) is -4.80. The minimum Gasteiger partial charge on any atom is -0.455 e. The molecule has 1 saturated heterocycles. The Labute approximate surface area is 246 Å². The first kappa shape index (κ1) is 32.5. The Balaban J connectivity index is 1.80. The van der Waals surface area contributed by atoms with Crippen molar-refractivity contribution in [1.29, 1.82) is 0 Å². The van der Waals surface area contributed by atoms with E-state index < -0.39 is 82.6 Å². The van der Waals surface area contributed by atoms with Crippen molar-refractivity contribution in [3.8, 4) is 0 Å². The molecule has 10 nitrogen and oxygen atoms in total. The quantitative estimate of drug-likeness (QED) is 0.172. The number of benzene rings is 1. The van der Waals surface area contributed by atoms with Gasteiger partial charge in [0.25, 0.3) is 0 Å². The molecule has 0 bridgehead atoms. The van der Waals surface area contributed by atoms with Gasteiger partial charge in [-0.05, 0) is 64.8 Å². The molecule has 1 heterocycles. The third-order valence-electron chi connectivity index (χ3n) is 9.43. The number of hydrogen-bond donors (Lipinski definition) is 5. The van der Waals surface area contributed by atoms with Crippen molar-refractivity contribution in [1.82, 2.24) is 0 Å². The molecule has 3 aliphatic rings. The zero-order chi connectivity index (χ0) is 31.6. The van der Waals surface area contributed by atoms with E-state index in [2.05, 4.69) is 6.58 Å². The second kappa shape index (κ2) is 10.6. The molecule has 42 heavy (non-hydrogen) atoms. The summed E-state index contributed by atoms with van der Waals surface area (Å²) in [5, 5.41) is 57.4. The summed E-state index contributed by atoms with van der Waals surface area (Å²) < 4.78 is 18.5. The van der Waals surface area contributed by atoms with E-state index in [1.165, 1.54) is 19.9 Å². The molecule has 0 unspecified atom stereocenters. The third-order valence-corrected chi connectivity index (χ3v) is 9.43. The van der Waals surface area contributed by atoms with Gasteiger partial charge in [0, 0.05) is 18.3 Å². The van der Waals surface area contributed by atoms with Crippen LogP contribution in [-0.2, 0) is 19.0 Å². The van der Waals surface area contributed by atoms with Crippen molar-refractivity contribution in [3.63, 3.8) is 0 Å². The summed E-state index contributed by atoms with van der Waals surface area (Å²) >= 11 is 0. The Hall–Kier alpha value is -2.44. The number of carbonyl (C=O) groups excluding carboxylic acids is 2. The fourth-order valence-electron chi connectivity index (χ4n) is 6.96. The van der Waals surface area contributed by atoms with E-state index in [4.69, 9.17) is 14.2 Å². The highest BCUT2D eigenvalue weighted by molar-refractivity contribution is 6.04.